The van der Waals surface area contributed by atoms with Crippen molar-refractivity contribution in [1.82, 2.24) is 19.7 Å². The molecule has 41 heavy (non-hydrogen) atoms. The van der Waals surface area contributed by atoms with E-state index in [2.05, 4.69) is 15.7 Å². The lowest BCUT2D eigenvalue weighted by atomic mass is 10.0. The lowest BCUT2D eigenvalue weighted by molar-refractivity contribution is -0.142. The van der Waals surface area contributed by atoms with Gasteiger partial charge in [-0.3, -0.25) is 14.2 Å². The van der Waals surface area contributed by atoms with Gasteiger partial charge in [-0.2, -0.15) is 5.10 Å². The molecular weight excluding hydrogens is 569 g/mol. The second kappa shape index (κ2) is 12.0. The Morgan fingerprint density at radius 2 is 1.63 bits per heavy atom. The summed E-state index contributed by atoms with van der Waals surface area (Å²) < 4.78 is 2.67. The van der Waals surface area contributed by atoms with Crippen molar-refractivity contribution in [3.63, 3.8) is 0 Å². The number of carboxylic acid groups (broad SMARTS) is 1. The predicted octanol–water partition coefficient (Wildman–Crippen LogP) is 3.95. The number of carbonyl (C=O) groups is 3. The van der Waals surface area contributed by atoms with Crippen LogP contribution in [-0.2, 0) is 29.0 Å². The number of hydrogen-bond acceptors (Lipinski definition) is 5. The minimum Gasteiger partial charge on any atom is -0.480 e. The number of hydrogen-bond donors (Lipinski definition) is 3. The van der Waals surface area contributed by atoms with Crippen LogP contribution in [0.5, 0.6) is 0 Å². The number of fused-ring (bicyclic) bond motifs is 1. The molecule has 1 unspecified atom stereocenters. The molecule has 4 aromatic rings. The first-order chi connectivity index (χ1) is 19.7. The highest BCUT2D eigenvalue weighted by Crippen LogP contribution is 2.26. The normalized spacial score (nSPS) is 14.7. The Labute approximate surface area is 244 Å². The van der Waals surface area contributed by atoms with Crippen LogP contribution in [0.4, 0.5) is 5.69 Å². The number of aliphatic carboxylic acids is 1. The van der Waals surface area contributed by atoms with Crippen LogP contribution in [0.3, 0.4) is 0 Å². The van der Waals surface area contributed by atoms with E-state index in [0.29, 0.717) is 29.9 Å². The van der Waals surface area contributed by atoms with E-state index in [1.165, 1.54) is 9.25 Å². The summed E-state index contributed by atoms with van der Waals surface area (Å²) in [6, 6.07) is 18.6. The van der Waals surface area contributed by atoms with Crippen molar-refractivity contribution in [2.45, 2.75) is 37.9 Å². The van der Waals surface area contributed by atoms with Crippen molar-refractivity contribution in [2.75, 3.05) is 5.32 Å². The quantitative estimate of drug-likeness (QED) is 0.269. The van der Waals surface area contributed by atoms with Gasteiger partial charge in [0.2, 0.25) is 5.91 Å². The molecule has 0 radical (unpaired) electrons. The van der Waals surface area contributed by atoms with Gasteiger partial charge in [0.05, 0.1) is 22.2 Å². The summed E-state index contributed by atoms with van der Waals surface area (Å²) >= 11 is 12.2. The lowest BCUT2D eigenvalue weighted by Gasteiger charge is -2.18. The van der Waals surface area contributed by atoms with Gasteiger partial charge in [-0.05, 0) is 41.8 Å². The van der Waals surface area contributed by atoms with Crippen molar-refractivity contribution in [1.29, 1.82) is 0 Å². The van der Waals surface area contributed by atoms with Crippen LogP contribution < -0.4 is 16.3 Å². The summed E-state index contributed by atoms with van der Waals surface area (Å²) in [6.45, 7) is 0.271. The summed E-state index contributed by atoms with van der Waals surface area (Å²) in [6.07, 6.45) is 0.776. The molecule has 0 spiro atoms. The standard InChI is InChI=1S/C29H25Cl2N5O5/c30-20-7-4-8-21(31)25(20)27(38)32-19-11-9-17(10-12-19)15-22(28(39)40)33-26(37)23-13-14-24-34-35(29(41)36(23)24)16-18-5-2-1-3-6-18/h1-12,22-23H,13-16H2,(H,32,38)(H,33,37)(H,39,40)/t22-,23?/m0/s1. The van der Waals surface area contributed by atoms with Gasteiger partial charge in [0.25, 0.3) is 5.91 Å². The fourth-order valence-corrected chi connectivity index (χ4v) is 5.36. The lowest BCUT2D eigenvalue weighted by Crippen LogP contribution is -2.46. The molecule has 3 aromatic carbocycles. The third-order valence-corrected chi connectivity index (χ3v) is 7.46. The molecule has 0 bridgehead atoms. The Bertz CT molecular complexity index is 1650. The number of amides is 2. The molecule has 0 saturated carbocycles. The van der Waals surface area contributed by atoms with Gasteiger partial charge in [-0.25, -0.2) is 14.3 Å². The number of aryl methyl sites for hydroxylation is 1. The molecule has 0 saturated heterocycles. The minimum absolute atomic E-state index is 0.00656. The van der Waals surface area contributed by atoms with Gasteiger partial charge in [0.15, 0.2) is 0 Å². The average Bonchev–Trinajstić information content (AvgIpc) is 3.49. The van der Waals surface area contributed by atoms with Gasteiger partial charge in [0.1, 0.15) is 17.9 Å². The Balaban J connectivity index is 1.24. The van der Waals surface area contributed by atoms with Crippen LogP contribution in [-0.4, -0.2) is 43.3 Å². The van der Waals surface area contributed by atoms with Gasteiger partial charge in [0, 0.05) is 18.5 Å². The van der Waals surface area contributed by atoms with Crippen LogP contribution in [0.25, 0.3) is 0 Å². The first-order valence-electron chi connectivity index (χ1n) is 12.8. The summed E-state index contributed by atoms with van der Waals surface area (Å²) in [5.41, 5.74) is 1.71. The first kappa shape index (κ1) is 28.1. The van der Waals surface area contributed by atoms with Crippen LogP contribution in [0.1, 0.15) is 39.8 Å². The zero-order chi connectivity index (χ0) is 29.1. The molecule has 0 fully saturated rings. The van der Waals surface area contributed by atoms with Crippen LogP contribution in [0.15, 0.2) is 77.6 Å². The second-order valence-corrected chi connectivity index (χ2v) is 10.4. The van der Waals surface area contributed by atoms with E-state index >= 15 is 0 Å². The average molecular weight is 594 g/mol. The highest BCUT2D eigenvalue weighted by molar-refractivity contribution is 6.40. The van der Waals surface area contributed by atoms with Gasteiger partial charge >= 0.3 is 11.7 Å². The predicted molar refractivity (Wildman–Crippen MR) is 154 cm³/mol. The number of aromatic nitrogens is 3. The van der Waals surface area contributed by atoms with Crippen molar-refractivity contribution in [3.8, 4) is 0 Å². The summed E-state index contributed by atoms with van der Waals surface area (Å²) in [7, 11) is 0. The van der Waals surface area contributed by atoms with E-state index in [1.807, 2.05) is 30.3 Å². The largest absolute Gasteiger partial charge is 0.480 e. The molecule has 210 valence electrons. The molecule has 2 heterocycles. The number of nitrogens with one attached hydrogen (secondary N) is 2. The third-order valence-electron chi connectivity index (χ3n) is 6.83. The molecule has 1 aromatic heterocycles. The molecule has 12 heteroatoms. The molecule has 2 atom stereocenters. The maximum Gasteiger partial charge on any atom is 0.346 e. The number of rotatable bonds is 9. The molecule has 2 amide bonds. The maximum atomic E-state index is 13.2. The summed E-state index contributed by atoms with van der Waals surface area (Å²) in [5.74, 6) is -1.76. The van der Waals surface area contributed by atoms with E-state index in [1.54, 1.807) is 42.5 Å². The van der Waals surface area contributed by atoms with E-state index in [0.717, 1.165) is 5.56 Å². The smallest absolute Gasteiger partial charge is 0.346 e. The molecular formula is C29H25Cl2N5O5. The highest BCUT2D eigenvalue weighted by atomic mass is 35.5. The van der Waals surface area contributed by atoms with Crippen molar-refractivity contribution < 1.29 is 19.5 Å². The van der Waals surface area contributed by atoms with Crippen LogP contribution in [0, 0.1) is 0 Å². The van der Waals surface area contributed by atoms with E-state index in [9.17, 15) is 24.3 Å². The van der Waals surface area contributed by atoms with Crippen molar-refractivity contribution in [3.05, 3.63) is 116 Å². The number of nitrogens with zero attached hydrogens (tertiary/aromatic N) is 3. The zero-order valence-corrected chi connectivity index (χ0v) is 23.1. The molecule has 5 rings (SSSR count). The van der Waals surface area contributed by atoms with E-state index in [4.69, 9.17) is 23.2 Å². The van der Waals surface area contributed by atoms with Crippen molar-refractivity contribution >= 4 is 46.7 Å². The number of carbonyl (C=O) groups excluding carboxylic acids is 2. The number of carboxylic acids is 1. The van der Waals surface area contributed by atoms with Crippen LogP contribution in [0.2, 0.25) is 10.0 Å². The minimum atomic E-state index is -1.23. The highest BCUT2D eigenvalue weighted by Gasteiger charge is 2.35. The van der Waals surface area contributed by atoms with Crippen molar-refractivity contribution in [2.24, 2.45) is 0 Å². The SMILES string of the molecule is O=C(Nc1ccc(C[C@H](NC(=O)C2CCc3nn(Cc4ccccc4)c(=O)n32)C(=O)O)cc1)c1c(Cl)cccc1Cl. The second-order valence-electron chi connectivity index (χ2n) is 9.62. The van der Waals surface area contributed by atoms with Crippen LogP contribution >= 0.6 is 23.2 Å². The third kappa shape index (κ3) is 6.18. The van der Waals surface area contributed by atoms with Gasteiger partial charge in [-0.1, -0.05) is 71.7 Å². The first-order valence-corrected chi connectivity index (χ1v) is 13.6. The monoisotopic (exact) mass is 593 g/mol. The fourth-order valence-electron chi connectivity index (χ4n) is 4.79. The molecule has 1 aliphatic rings. The molecule has 3 N–H and O–H groups in total. The van der Waals surface area contributed by atoms with Gasteiger partial charge in [-0.15, -0.1) is 0 Å². The number of anilines is 1. The topological polar surface area (TPSA) is 135 Å². The molecule has 10 nitrogen and oxygen atoms in total. The Morgan fingerprint density at radius 1 is 0.951 bits per heavy atom. The van der Waals surface area contributed by atoms with E-state index < -0.39 is 35.6 Å². The zero-order valence-electron chi connectivity index (χ0n) is 21.6. The Morgan fingerprint density at radius 3 is 2.29 bits per heavy atom. The van der Waals surface area contributed by atoms with E-state index in [-0.39, 0.29) is 28.6 Å². The number of halogens is 2. The summed E-state index contributed by atoms with van der Waals surface area (Å²) in [4.78, 5) is 50.9. The maximum absolute atomic E-state index is 13.2. The number of benzene rings is 3. The Hall–Kier alpha value is -4.41. The summed E-state index contributed by atoms with van der Waals surface area (Å²) in [5, 5.41) is 19.9. The fraction of sp³-hybridized carbons (Fsp3) is 0.207. The van der Waals surface area contributed by atoms with Gasteiger partial charge < -0.3 is 15.7 Å². The molecule has 0 aliphatic carbocycles. The molecule has 1 aliphatic heterocycles. The Kier molecular flexibility index (Phi) is 8.23.